The van der Waals surface area contributed by atoms with Crippen LogP contribution in [-0.4, -0.2) is 24.9 Å². The van der Waals surface area contributed by atoms with Gasteiger partial charge in [0.05, 0.1) is 12.7 Å². The van der Waals surface area contributed by atoms with Crippen molar-refractivity contribution in [3.8, 4) is 5.75 Å². The maximum atomic E-state index is 10.5. The molecule has 1 aliphatic rings. The van der Waals surface area contributed by atoms with Crippen molar-refractivity contribution >= 4 is 0 Å². The molecule has 1 aliphatic carbocycles. The van der Waals surface area contributed by atoms with E-state index in [0.29, 0.717) is 19.1 Å². The van der Waals surface area contributed by atoms with Crippen LogP contribution < -0.4 is 4.74 Å². The summed E-state index contributed by atoms with van der Waals surface area (Å²) in [5, 5.41) is 10.5. The average Bonchev–Trinajstić information content (AvgIpc) is 3.13. The molecule has 17 heavy (non-hydrogen) atoms. The Labute approximate surface area is 102 Å². The van der Waals surface area contributed by atoms with Gasteiger partial charge in [-0.2, -0.15) is 0 Å². The molecule has 0 bridgehead atoms. The zero-order valence-corrected chi connectivity index (χ0v) is 10.5. The smallest absolute Gasteiger partial charge is 0.120 e. The van der Waals surface area contributed by atoms with E-state index in [1.807, 2.05) is 31.2 Å². The molecule has 94 valence electrons. The largest absolute Gasteiger partial charge is 0.490 e. The summed E-state index contributed by atoms with van der Waals surface area (Å²) in [4.78, 5) is 0. The Morgan fingerprint density at radius 1 is 1.41 bits per heavy atom. The summed E-state index contributed by atoms with van der Waals surface area (Å²) in [5.74, 6) is 0.841. The summed E-state index contributed by atoms with van der Waals surface area (Å²) >= 11 is 0. The zero-order valence-electron chi connectivity index (χ0n) is 10.5. The molecular weight excluding hydrogens is 216 g/mol. The monoisotopic (exact) mass is 236 g/mol. The van der Waals surface area contributed by atoms with Crippen LogP contribution in [0.1, 0.15) is 31.7 Å². The van der Waals surface area contributed by atoms with E-state index in [-0.39, 0.29) is 0 Å². The van der Waals surface area contributed by atoms with Crippen molar-refractivity contribution in [2.45, 2.75) is 37.9 Å². The summed E-state index contributed by atoms with van der Waals surface area (Å²) in [6.07, 6.45) is 3.27. The second-order valence-electron chi connectivity index (χ2n) is 4.66. The Bertz CT molecular complexity index is 373. The lowest BCUT2D eigenvalue weighted by Gasteiger charge is -2.26. The highest BCUT2D eigenvalue weighted by molar-refractivity contribution is 5.32. The van der Waals surface area contributed by atoms with E-state index in [1.165, 1.54) is 0 Å². The molecule has 3 nitrogen and oxygen atoms in total. The Morgan fingerprint density at radius 2 is 2.18 bits per heavy atom. The molecule has 1 fully saturated rings. The normalized spacial score (nSPS) is 18.8. The Balaban J connectivity index is 2.17. The Kier molecular flexibility index (Phi) is 3.69. The minimum Gasteiger partial charge on any atom is -0.490 e. The second kappa shape index (κ2) is 5.07. The minimum absolute atomic E-state index is 0.302. The highest BCUT2D eigenvalue weighted by Crippen LogP contribution is 2.31. The van der Waals surface area contributed by atoms with Crippen molar-refractivity contribution in [3.63, 3.8) is 0 Å². The molecule has 0 aromatic heterocycles. The van der Waals surface area contributed by atoms with Crippen molar-refractivity contribution in [1.29, 1.82) is 0 Å². The summed E-state index contributed by atoms with van der Waals surface area (Å²) in [6, 6.07) is 7.69. The average molecular weight is 236 g/mol. The highest BCUT2D eigenvalue weighted by atomic mass is 16.5. The van der Waals surface area contributed by atoms with Gasteiger partial charge >= 0.3 is 0 Å². The minimum atomic E-state index is -0.919. The summed E-state index contributed by atoms with van der Waals surface area (Å²) in [6.45, 7) is 2.25. The van der Waals surface area contributed by atoms with Gasteiger partial charge in [-0.15, -0.1) is 0 Å². The van der Waals surface area contributed by atoms with Crippen LogP contribution in [0.3, 0.4) is 0 Å². The first-order chi connectivity index (χ1) is 8.18. The molecule has 1 unspecified atom stereocenters. The number of hydrogen-bond donors (Lipinski definition) is 1. The lowest BCUT2D eigenvalue weighted by atomic mass is 9.92. The first-order valence-electron chi connectivity index (χ1n) is 6.16. The van der Waals surface area contributed by atoms with Gasteiger partial charge < -0.3 is 14.6 Å². The molecule has 0 radical (unpaired) electrons. The highest BCUT2D eigenvalue weighted by Gasteiger charge is 2.28. The summed E-state index contributed by atoms with van der Waals surface area (Å²) in [5.41, 5.74) is -0.0579. The van der Waals surface area contributed by atoms with Gasteiger partial charge in [0.2, 0.25) is 0 Å². The lowest BCUT2D eigenvalue weighted by Crippen LogP contribution is -2.30. The van der Waals surface area contributed by atoms with Gasteiger partial charge in [-0.05, 0) is 37.0 Å². The van der Waals surface area contributed by atoms with Crippen LogP contribution in [0.15, 0.2) is 24.3 Å². The van der Waals surface area contributed by atoms with Gasteiger partial charge in [0.1, 0.15) is 11.4 Å². The number of benzene rings is 1. The maximum absolute atomic E-state index is 10.5. The van der Waals surface area contributed by atoms with Crippen molar-refractivity contribution in [3.05, 3.63) is 29.8 Å². The Morgan fingerprint density at radius 3 is 2.76 bits per heavy atom. The van der Waals surface area contributed by atoms with Crippen LogP contribution in [0.5, 0.6) is 5.75 Å². The first-order valence-corrected chi connectivity index (χ1v) is 6.16. The number of ether oxygens (including phenoxy) is 2. The fourth-order valence-corrected chi connectivity index (χ4v) is 1.87. The van der Waals surface area contributed by atoms with E-state index in [1.54, 1.807) is 7.11 Å². The summed E-state index contributed by atoms with van der Waals surface area (Å²) in [7, 11) is 1.60. The zero-order chi connectivity index (χ0) is 12.3. The van der Waals surface area contributed by atoms with Crippen molar-refractivity contribution in [2.75, 3.05) is 13.7 Å². The van der Waals surface area contributed by atoms with Crippen LogP contribution in [-0.2, 0) is 10.3 Å². The fourth-order valence-electron chi connectivity index (χ4n) is 1.87. The topological polar surface area (TPSA) is 38.7 Å². The van der Waals surface area contributed by atoms with Crippen molar-refractivity contribution in [1.82, 2.24) is 0 Å². The van der Waals surface area contributed by atoms with E-state index in [4.69, 9.17) is 9.47 Å². The molecule has 1 atom stereocenters. The molecule has 0 amide bonds. The molecule has 1 N–H and O–H groups in total. The van der Waals surface area contributed by atoms with Crippen LogP contribution in [0.2, 0.25) is 0 Å². The molecular formula is C14H20O3. The number of methoxy groups -OCH3 is 1. The maximum Gasteiger partial charge on any atom is 0.120 e. The first kappa shape index (κ1) is 12.4. The molecule has 0 aliphatic heterocycles. The van der Waals surface area contributed by atoms with Gasteiger partial charge in [0.15, 0.2) is 0 Å². The van der Waals surface area contributed by atoms with Gasteiger partial charge in [-0.25, -0.2) is 0 Å². The van der Waals surface area contributed by atoms with Crippen LogP contribution in [0.25, 0.3) is 0 Å². The van der Waals surface area contributed by atoms with Gasteiger partial charge in [-0.3, -0.25) is 0 Å². The second-order valence-corrected chi connectivity index (χ2v) is 4.66. The third-order valence-electron chi connectivity index (χ3n) is 3.17. The van der Waals surface area contributed by atoms with E-state index >= 15 is 0 Å². The van der Waals surface area contributed by atoms with Crippen molar-refractivity contribution < 1.29 is 14.6 Å². The molecule has 1 saturated carbocycles. The molecule has 0 spiro atoms. The predicted octanol–water partition coefficient (Wildman–Crippen LogP) is 2.47. The third-order valence-corrected chi connectivity index (χ3v) is 3.17. The third kappa shape index (κ3) is 2.99. The molecule has 2 rings (SSSR count). The van der Waals surface area contributed by atoms with Crippen LogP contribution >= 0.6 is 0 Å². The SMILES string of the molecule is CCC(O)(COC)c1cccc(OC2CC2)c1. The molecule has 0 heterocycles. The van der Waals surface area contributed by atoms with Gasteiger partial charge in [0.25, 0.3) is 0 Å². The van der Waals surface area contributed by atoms with E-state index < -0.39 is 5.60 Å². The summed E-state index contributed by atoms with van der Waals surface area (Å²) < 4.78 is 10.8. The number of aliphatic hydroxyl groups is 1. The fraction of sp³-hybridized carbons (Fsp3) is 0.571. The molecule has 1 aromatic rings. The van der Waals surface area contributed by atoms with Gasteiger partial charge in [-0.1, -0.05) is 19.1 Å². The lowest BCUT2D eigenvalue weighted by molar-refractivity contribution is -0.0387. The van der Waals surface area contributed by atoms with Crippen molar-refractivity contribution in [2.24, 2.45) is 0 Å². The standard InChI is InChI=1S/C14H20O3/c1-3-14(15,10-16-2)11-5-4-6-13(9-11)17-12-7-8-12/h4-6,9,12,15H,3,7-8,10H2,1-2H3. The molecule has 0 saturated heterocycles. The van der Waals surface area contributed by atoms with Crippen LogP contribution in [0, 0.1) is 0 Å². The van der Waals surface area contributed by atoms with E-state index in [2.05, 4.69) is 0 Å². The predicted molar refractivity (Wildman–Crippen MR) is 66.2 cm³/mol. The number of hydrogen-bond acceptors (Lipinski definition) is 3. The van der Waals surface area contributed by atoms with E-state index in [0.717, 1.165) is 24.2 Å². The molecule has 1 aromatic carbocycles. The quantitative estimate of drug-likeness (QED) is 0.824. The number of rotatable bonds is 6. The van der Waals surface area contributed by atoms with Gasteiger partial charge in [0, 0.05) is 7.11 Å². The van der Waals surface area contributed by atoms with Crippen LogP contribution in [0.4, 0.5) is 0 Å². The Hall–Kier alpha value is -1.06. The molecule has 3 heteroatoms. The van der Waals surface area contributed by atoms with E-state index in [9.17, 15) is 5.11 Å².